The van der Waals surface area contributed by atoms with E-state index in [9.17, 15) is 13.2 Å². The van der Waals surface area contributed by atoms with Crippen LogP contribution in [0.4, 0.5) is 0 Å². The quantitative estimate of drug-likeness (QED) is 0.815. The first-order chi connectivity index (χ1) is 9.39. The van der Waals surface area contributed by atoms with Crippen LogP contribution in [0.15, 0.2) is 30.3 Å². The number of rotatable bonds is 3. The molecule has 1 aromatic carbocycles. The van der Waals surface area contributed by atoms with Crippen LogP contribution in [0.5, 0.6) is 0 Å². The Morgan fingerprint density at radius 1 is 1.15 bits per heavy atom. The molecule has 1 aliphatic rings. The van der Waals surface area contributed by atoms with E-state index in [1.54, 1.807) is 17.0 Å². The van der Waals surface area contributed by atoms with Crippen LogP contribution in [-0.2, 0) is 15.0 Å². The average molecular weight is 318 g/mol. The number of nitrogens with zero attached hydrogens (tertiary/aromatic N) is 2. The molecule has 6 nitrogen and oxygen atoms in total. The molecule has 1 unspecified atom stereocenters. The van der Waals surface area contributed by atoms with E-state index in [-0.39, 0.29) is 19.0 Å². The maximum atomic E-state index is 12.2. The SMILES string of the molecule is NS(=O)(=O)N1CCN(C(=O)C(Cl)c2ccccc2)CC1. The summed E-state index contributed by atoms with van der Waals surface area (Å²) in [6, 6.07) is 9.06. The van der Waals surface area contributed by atoms with Gasteiger partial charge in [0.25, 0.3) is 10.2 Å². The predicted molar refractivity (Wildman–Crippen MR) is 76.3 cm³/mol. The number of alkyl halides is 1. The van der Waals surface area contributed by atoms with Gasteiger partial charge in [0, 0.05) is 26.2 Å². The Morgan fingerprint density at radius 3 is 2.20 bits per heavy atom. The third-order valence-corrected chi connectivity index (χ3v) is 4.74. The smallest absolute Gasteiger partial charge is 0.277 e. The van der Waals surface area contributed by atoms with E-state index in [1.807, 2.05) is 18.2 Å². The second-order valence-corrected chi connectivity index (χ2v) is 6.53. The number of piperazine rings is 1. The van der Waals surface area contributed by atoms with Crippen LogP contribution in [0, 0.1) is 0 Å². The predicted octanol–water partition coefficient (Wildman–Crippen LogP) is 0.314. The van der Waals surface area contributed by atoms with Crippen molar-refractivity contribution in [2.75, 3.05) is 26.2 Å². The molecule has 20 heavy (non-hydrogen) atoms. The zero-order valence-corrected chi connectivity index (χ0v) is 12.3. The molecule has 0 aliphatic carbocycles. The van der Waals surface area contributed by atoms with Gasteiger partial charge in [-0.05, 0) is 5.56 Å². The van der Waals surface area contributed by atoms with E-state index in [4.69, 9.17) is 16.7 Å². The fourth-order valence-electron chi connectivity index (χ4n) is 2.09. The summed E-state index contributed by atoms with van der Waals surface area (Å²) >= 11 is 6.17. The van der Waals surface area contributed by atoms with Crippen LogP contribution in [0.2, 0.25) is 0 Å². The van der Waals surface area contributed by atoms with Crippen LogP contribution in [0.1, 0.15) is 10.9 Å². The van der Waals surface area contributed by atoms with Crippen molar-refractivity contribution in [1.29, 1.82) is 0 Å². The van der Waals surface area contributed by atoms with Gasteiger partial charge in [-0.1, -0.05) is 30.3 Å². The highest BCUT2D eigenvalue weighted by atomic mass is 35.5. The molecule has 1 heterocycles. The van der Waals surface area contributed by atoms with Gasteiger partial charge < -0.3 is 4.90 Å². The molecule has 1 atom stereocenters. The molecule has 0 spiro atoms. The molecule has 2 rings (SSSR count). The molecular formula is C12H16ClN3O3S. The lowest BCUT2D eigenvalue weighted by atomic mass is 10.1. The highest BCUT2D eigenvalue weighted by molar-refractivity contribution is 7.86. The van der Waals surface area contributed by atoms with Gasteiger partial charge >= 0.3 is 0 Å². The van der Waals surface area contributed by atoms with Crippen LogP contribution < -0.4 is 5.14 Å². The number of carbonyl (C=O) groups is 1. The highest BCUT2D eigenvalue weighted by Gasteiger charge is 2.29. The third kappa shape index (κ3) is 3.49. The minimum atomic E-state index is -3.69. The molecule has 8 heteroatoms. The Hall–Kier alpha value is -1.15. The van der Waals surface area contributed by atoms with E-state index >= 15 is 0 Å². The zero-order chi connectivity index (χ0) is 14.8. The Labute approximate surface area is 123 Å². The summed E-state index contributed by atoms with van der Waals surface area (Å²) in [6.07, 6.45) is 0. The van der Waals surface area contributed by atoms with Crippen molar-refractivity contribution in [3.63, 3.8) is 0 Å². The molecule has 1 saturated heterocycles. The number of hydrogen-bond donors (Lipinski definition) is 1. The number of nitrogens with two attached hydrogens (primary N) is 1. The van der Waals surface area contributed by atoms with E-state index < -0.39 is 15.6 Å². The lowest BCUT2D eigenvalue weighted by Gasteiger charge is -2.34. The molecule has 110 valence electrons. The van der Waals surface area contributed by atoms with Gasteiger partial charge in [0.2, 0.25) is 5.91 Å². The topological polar surface area (TPSA) is 83.7 Å². The normalized spacial score (nSPS) is 18.8. The third-order valence-electron chi connectivity index (χ3n) is 3.22. The summed E-state index contributed by atoms with van der Waals surface area (Å²) in [4.78, 5) is 13.8. The average Bonchev–Trinajstić information content (AvgIpc) is 2.46. The van der Waals surface area contributed by atoms with Gasteiger partial charge in [-0.3, -0.25) is 4.79 Å². The minimum absolute atomic E-state index is 0.197. The number of benzene rings is 1. The molecular weight excluding hydrogens is 302 g/mol. The highest BCUT2D eigenvalue weighted by Crippen LogP contribution is 2.23. The monoisotopic (exact) mass is 317 g/mol. The van der Waals surface area contributed by atoms with E-state index in [2.05, 4.69) is 0 Å². The molecule has 1 aliphatic heterocycles. The van der Waals surface area contributed by atoms with Gasteiger partial charge in [-0.25, -0.2) is 5.14 Å². The van der Waals surface area contributed by atoms with Crippen molar-refractivity contribution in [3.8, 4) is 0 Å². The van der Waals surface area contributed by atoms with Gasteiger partial charge in [0.15, 0.2) is 0 Å². The van der Waals surface area contributed by atoms with Gasteiger partial charge in [-0.15, -0.1) is 11.6 Å². The summed E-state index contributed by atoms with van der Waals surface area (Å²) in [7, 11) is -3.69. The van der Waals surface area contributed by atoms with E-state index in [0.717, 1.165) is 9.87 Å². The van der Waals surface area contributed by atoms with Crippen LogP contribution in [-0.4, -0.2) is 49.7 Å². The summed E-state index contributed by atoms with van der Waals surface area (Å²) in [6.45, 7) is 0.989. The lowest BCUT2D eigenvalue weighted by Crippen LogP contribution is -2.52. The van der Waals surface area contributed by atoms with Crippen molar-refractivity contribution in [1.82, 2.24) is 9.21 Å². The second kappa shape index (κ2) is 6.09. The molecule has 0 aromatic heterocycles. The Morgan fingerprint density at radius 2 is 1.70 bits per heavy atom. The molecule has 1 aromatic rings. The van der Waals surface area contributed by atoms with Crippen LogP contribution in [0.3, 0.4) is 0 Å². The molecule has 2 N–H and O–H groups in total. The Balaban J connectivity index is 1.99. The summed E-state index contributed by atoms with van der Waals surface area (Å²) in [5.41, 5.74) is 0.730. The van der Waals surface area contributed by atoms with E-state index in [0.29, 0.717) is 13.1 Å². The zero-order valence-electron chi connectivity index (χ0n) is 10.8. The van der Waals surface area contributed by atoms with Crippen LogP contribution in [0.25, 0.3) is 0 Å². The first-order valence-corrected chi connectivity index (χ1v) is 8.09. The molecule has 0 bridgehead atoms. The summed E-state index contributed by atoms with van der Waals surface area (Å²) < 4.78 is 23.5. The number of amides is 1. The number of halogens is 1. The van der Waals surface area contributed by atoms with Gasteiger partial charge in [-0.2, -0.15) is 12.7 Å². The molecule has 1 fully saturated rings. The van der Waals surface area contributed by atoms with Gasteiger partial charge in [0.05, 0.1) is 0 Å². The standard InChI is InChI=1S/C12H16ClN3O3S/c13-11(10-4-2-1-3-5-10)12(17)15-6-8-16(9-7-15)20(14,18)19/h1-5,11H,6-9H2,(H2,14,18,19). The fraction of sp³-hybridized carbons (Fsp3) is 0.417. The minimum Gasteiger partial charge on any atom is -0.338 e. The van der Waals surface area contributed by atoms with Crippen molar-refractivity contribution < 1.29 is 13.2 Å². The largest absolute Gasteiger partial charge is 0.338 e. The number of hydrogen-bond acceptors (Lipinski definition) is 3. The number of carbonyl (C=O) groups excluding carboxylic acids is 1. The Bertz CT molecular complexity index is 571. The van der Waals surface area contributed by atoms with Crippen molar-refractivity contribution in [2.45, 2.75) is 5.38 Å². The first kappa shape index (κ1) is 15.2. The van der Waals surface area contributed by atoms with Crippen molar-refractivity contribution in [2.24, 2.45) is 5.14 Å². The summed E-state index contributed by atoms with van der Waals surface area (Å²) in [5, 5.41) is 4.30. The van der Waals surface area contributed by atoms with Crippen molar-refractivity contribution >= 4 is 27.7 Å². The van der Waals surface area contributed by atoms with Crippen molar-refractivity contribution in [3.05, 3.63) is 35.9 Å². The maximum absolute atomic E-state index is 12.2. The first-order valence-electron chi connectivity index (χ1n) is 6.15. The summed E-state index contributed by atoms with van der Waals surface area (Å²) in [5.74, 6) is -0.216. The van der Waals surface area contributed by atoms with Crippen LogP contribution >= 0.6 is 11.6 Å². The molecule has 1 amide bonds. The molecule has 0 radical (unpaired) electrons. The lowest BCUT2D eigenvalue weighted by molar-refractivity contribution is -0.132. The Kier molecular flexibility index (Phi) is 4.64. The van der Waals surface area contributed by atoms with E-state index in [1.165, 1.54) is 0 Å². The van der Waals surface area contributed by atoms with Gasteiger partial charge in [0.1, 0.15) is 5.38 Å². The fourth-order valence-corrected chi connectivity index (χ4v) is 3.04. The second-order valence-electron chi connectivity index (χ2n) is 4.54. The maximum Gasteiger partial charge on any atom is 0.277 e. The molecule has 0 saturated carbocycles.